The second-order valence-electron chi connectivity index (χ2n) is 4.38. The van der Waals surface area contributed by atoms with Crippen molar-refractivity contribution in [1.29, 1.82) is 0 Å². The predicted molar refractivity (Wildman–Crippen MR) is 61.3 cm³/mol. The summed E-state index contributed by atoms with van der Waals surface area (Å²) >= 11 is 0. The molecular weight excluding hydrogens is 230 g/mol. The fourth-order valence-corrected chi connectivity index (χ4v) is 2.83. The molecule has 1 saturated heterocycles. The smallest absolute Gasteiger partial charge is 0.338 e. The highest BCUT2D eigenvalue weighted by atomic mass is 32.2. The van der Waals surface area contributed by atoms with Gasteiger partial charge in [0.2, 0.25) is 0 Å². The molecule has 1 heterocycles. The second-order valence-corrected chi connectivity index (χ2v) is 6.04. The molecular formula is C10H21NO4S. The van der Waals surface area contributed by atoms with Gasteiger partial charge >= 0.3 is 10.3 Å². The molecule has 0 spiro atoms. The fraction of sp³-hybridized carbons (Fsp3) is 1.00. The zero-order valence-corrected chi connectivity index (χ0v) is 11.2. The van der Waals surface area contributed by atoms with E-state index in [-0.39, 0.29) is 24.7 Å². The van der Waals surface area contributed by atoms with Crippen LogP contribution in [0.4, 0.5) is 0 Å². The lowest BCUT2D eigenvalue weighted by molar-refractivity contribution is 0.00698. The Bertz CT molecular complexity index is 315. The first-order chi connectivity index (χ1) is 7.38. The quantitative estimate of drug-likeness (QED) is 0.748. The first-order valence-electron chi connectivity index (χ1n) is 5.62. The van der Waals surface area contributed by atoms with Crippen molar-refractivity contribution in [3.8, 4) is 0 Å². The van der Waals surface area contributed by atoms with E-state index in [0.29, 0.717) is 6.61 Å². The molecule has 6 heteroatoms. The van der Waals surface area contributed by atoms with Crippen LogP contribution in [-0.2, 0) is 19.2 Å². The third-order valence-electron chi connectivity index (χ3n) is 2.92. The topological polar surface area (TPSA) is 55.8 Å². The monoisotopic (exact) mass is 251 g/mol. The van der Waals surface area contributed by atoms with Crippen LogP contribution < -0.4 is 0 Å². The molecule has 1 aliphatic rings. The highest BCUT2D eigenvalue weighted by Gasteiger charge is 2.38. The Balaban J connectivity index is 2.73. The SMILES string of the molecule is CCC1COS(=O)(=O)N(C)C1COC(C)C. The summed E-state index contributed by atoms with van der Waals surface area (Å²) in [4.78, 5) is 0. The van der Waals surface area contributed by atoms with Gasteiger partial charge in [0.25, 0.3) is 0 Å². The maximum absolute atomic E-state index is 11.5. The predicted octanol–water partition coefficient (Wildman–Crippen LogP) is 1.01. The molecule has 0 N–H and O–H groups in total. The summed E-state index contributed by atoms with van der Waals surface area (Å²) in [5.41, 5.74) is 0. The summed E-state index contributed by atoms with van der Waals surface area (Å²) in [6.45, 7) is 6.59. The Morgan fingerprint density at radius 3 is 2.62 bits per heavy atom. The standard InChI is InChI=1S/C10H21NO4S/c1-5-9-6-15-16(12,13)11(4)10(9)7-14-8(2)3/h8-10H,5-7H2,1-4H3. The molecule has 0 amide bonds. The minimum atomic E-state index is -3.55. The molecule has 0 aliphatic carbocycles. The van der Waals surface area contributed by atoms with E-state index in [4.69, 9.17) is 8.92 Å². The van der Waals surface area contributed by atoms with Crippen LogP contribution in [0.25, 0.3) is 0 Å². The van der Waals surface area contributed by atoms with Crippen molar-refractivity contribution in [3.63, 3.8) is 0 Å². The van der Waals surface area contributed by atoms with Gasteiger partial charge in [0, 0.05) is 13.0 Å². The van der Waals surface area contributed by atoms with Crippen molar-refractivity contribution in [2.24, 2.45) is 5.92 Å². The average molecular weight is 251 g/mol. The van der Waals surface area contributed by atoms with Crippen LogP contribution in [0.15, 0.2) is 0 Å². The Hall–Kier alpha value is -0.170. The Morgan fingerprint density at radius 2 is 2.12 bits per heavy atom. The molecule has 0 aromatic rings. The van der Waals surface area contributed by atoms with E-state index in [9.17, 15) is 8.42 Å². The number of ether oxygens (including phenoxy) is 1. The van der Waals surface area contributed by atoms with E-state index in [1.807, 2.05) is 20.8 Å². The van der Waals surface area contributed by atoms with Gasteiger partial charge in [0.15, 0.2) is 0 Å². The Kier molecular flexibility index (Phi) is 4.73. The van der Waals surface area contributed by atoms with Gasteiger partial charge in [-0.25, -0.2) is 0 Å². The molecule has 16 heavy (non-hydrogen) atoms. The molecule has 2 atom stereocenters. The first-order valence-corrected chi connectivity index (χ1v) is 6.99. The van der Waals surface area contributed by atoms with Gasteiger partial charge in [-0.1, -0.05) is 6.92 Å². The van der Waals surface area contributed by atoms with Crippen molar-refractivity contribution >= 4 is 10.3 Å². The Labute approximate surface area is 98.0 Å². The van der Waals surface area contributed by atoms with Crippen molar-refractivity contribution in [1.82, 2.24) is 4.31 Å². The maximum atomic E-state index is 11.5. The lowest BCUT2D eigenvalue weighted by Crippen LogP contribution is -2.51. The van der Waals surface area contributed by atoms with Crippen LogP contribution in [-0.4, -0.2) is 45.1 Å². The van der Waals surface area contributed by atoms with Crippen molar-refractivity contribution in [3.05, 3.63) is 0 Å². The van der Waals surface area contributed by atoms with E-state index in [2.05, 4.69) is 0 Å². The molecule has 1 fully saturated rings. The van der Waals surface area contributed by atoms with E-state index in [0.717, 1.165) is 6.42 Å². The lowest BCUT2D eigenvalue weighted by atomic mass is 9.98. The third-order valence-corrected chi connectivity index (χ3v) is 4.33. The van der Waals surface area contributed by atoms with Gasteiger partial charge in [0.1, 0.15) is 0 Å². The summed E-state index contributed by atoms with van der Waals surface area (Å²) in [6, 6.07) is -0.119. The summed E-state index contributed by atoms with van der Waals surface area (Å²) in [6.07, 6.45) is 0.989. The summed E-state index contributed by atoms with van der Waals surface area (Å²) in [5.74, 6) is 0.201. The molecule has 0 bridgehead atoms. The number of likely N-dealkylation sites (N-methyl/N-ethyl adjacent to an activating group) is 1. The van der Waals surface area contributed by atoms with E-state index in [1.54, 1.807) is 7.05 Å². The zero-order valence-electron chi connectivity index (χ0n) is 10.3. The zero-order chi connectivity index (χ0) is 12.3. The van der Waals surface area contributed by atoms with Crippen molar-refractivity contribution < 1.29 is 17.3 Å². The number of nitrogens with zero attached hydrogens (tertiary/aromatic N) is 1. The molecule has 0 aromatic heterocycles. The van der Waals surface area contributed by atoms with Crippen molar-refractivity contribution in [2.45, 2.75) is 39.3 Å². The van der Waals surface area contributed by atoms with Crippen LogP contribution in [0, 0.1) is 5.92 Å². The minimum Gasteiger partial charge on any atom is -0.377 e. The molecule has 1 rings (SSSR count). The van der Waals surface area contributed by atoms with Crippen molar-refractivity contribution in [2.75, 3.05) is 20.3 Å². The largest absolute Gasteiger partial charge is 0.377 e. The number of hydrogen-bond donors (Lipinski definition) is 0. The minimum absolute atomic E-state index is 0.108. The third kappa shape index (κ3) is 3.16. The van der Waals surface area contributed by atoms with Crippen LogP contribution in [0.3, 0.4) is 0 Å². The molecule has 1 aliphatic heterocycles. The lowest BCUT2D eigenvalue weighted by Gasteiger charge is -2.37. The van der Waals surface area contributed by atoms with Gasteiger partial charge in [-0.3, -0.25) is 4.18 Å². The molecule has 2 unspecified atom stereocenters. The van der Waals surface area contributed by atoms with Gasteiger partial charge < -0.3 is 4.74 Å². The molecule has 5 nitrogen and oxygen atoms in total. The Morgan fingerprint density at radius 1 is 1.50 bits per heavy atom. The van der Waals surface area contributed by atoms with Gasteiger partial charge in [0.05, 0.1) is 25.4 Å². The normalized spacial score (nSPS) is 30.8. The summed E-state index contributed by atoms with van der Waals surface area (Å²) < 4.78 is 34.8. The molecule has 0 radical (unpaired) electrons. The van der Waals surface area contributed by atoms with E-state index >= 15 is 0 Å². The van der Waals surface area contributed by atoms with Crippen LogP contribution in [0.2, 0.25) is 0 Å². The van der Waals surface area contributed by atoms with Gasteiger partial charge in [-0.2, -0.15) is 12.7 Å². The van der Waals surface area contributed by atoms with Crippen LogP contribution >= 0.6 is 0 Å². The first kappa shape index (κ1) is 13.9. The summed E-state index contributed by atoms with van der Waals surface area (Å²) in [7, 11) is -2.00. The molecule has 0 aromatic carbocycles. The highest BCUT2D eigenvalue weighted by Crippen LogP contribution is 2.24. The summed E-state index contributed by atoms with van der Waals surface area (Å²) in [5, 5.41) is 0. The number of hydrogen-bond acceptors (Lipinski definition) is 4. The van der Waals surface area contributed by atoms with Crippen LogP contribution in [0.5, 0.6) is 0 Å². The fourth-order valence-electron chi connectivity index (χ4n) is 1.75. The van der Waals surface area contributed by atoms with Gasteiger partial charge in [-0.05, 0) is 20.3 Å². The maximum Gasteiger partial charge on any atom is 0.338 e. The molecule has 96 valence electrons. The average Bonchev–Trinajstić information content (AvgIpc) is 2.20. The van der Waals surface area contributed by atoms with E-state index in [1.165, 1.54) is 4.31 Å². The number of rotatable bonds is 4. The second kappa shape index (κ2) is 5.44. The van der Waals surface area contributed by atoms with E-state index < -0.39 is 10.3 Å². The molecule has 0 saturated carbocycles. The van der Waals surface area contributed by atoms with Crippen LogP contribution in [0.1, 0.15) is 27.2 Å². The highest BCUT2D eigenvalue weighted by molar-refractivity contribution is 7.84. The van der Waals surface area contributed by atoms with Gasteiger partial charge in [-0.15, -0.1) is 0 Å².